The third-order valence-electron chi connectivity index (χ3n) is 2.20. The van der Waals surface area contributed by atoms with E-state index in [0.29, 0.717) is 6.54 Å². The maximum absolute atomic E-state index is 13.5. The van der Waals surface area contributed by atoms with Crippen LogP contribution in [0.1, 0.15) is 5.56 Å². The third-order valence-corrected chi connectivity index (χ3v) is 4.22. The molecule has 0 unspecified atom stereocenters. The van der Waals surface area contributed by atoms with Gasteiger partial charge < -0.3 is 0 Å². The van der Waals surface area contributed by atoms with Crippen molar-refractivity contribution in [1.82, 2.24) is 4.67 Å². The molecule has 1 nitrogen and oxygen atoms in total. The molecule has 0 radical (unpaired) electrons. The van der Waals surface area contributed by atoms with E-state index in [1.807, 2.05) is 30.3 Å². The minimum atomic E-state index is -4.57. The van der Waals surface area contributed by atoms with Crippen LogP contribution in [0, 0.1) is 0 Å². The van der Waals surface area contributed by atoms with Gasteiger partial charge in [-0.15, -0.1) is 0 Å². The molecule has 0 N–H and O–H groups in total. The average molecular weight is 219 g/mol. The van der Waals surface area contributed by atoms with Crippen LogP contribution in [-0.4, -0.2) is 25.0 Å². The molecule has 0 saturated heterocycles. The summed E-state index contributed by atoms with van der Waals surface area (Å²) in [6, 6.07) is 9.32. The zero-order valence-corrected chi connectivity index (χ0v) is 9.64. The molecule has 1 aromatic carbocycles. The molecule has 0 amide bonds. The van der Waals surface area contributed by atoms with Crippen LogP contribution in [0.5, 0.6) is 0 Å². The number of hydrogen-bond acceptors (Lipinski definition) is 1. The molecular formula is C10H16F2NP. The first-order valence-electron chi connectivity index (χ1n) is 4.46. The van der Waals surface area contributed by atoms with E-state index in [2.05, 4.69) is 0 Å². The van der Waals surface area contributed by atoms with E-state index in [9.17, 15) is 8.39 Å². The van der Waals surface area contributed by atoms with Crippen molar-refractivity contribution in [2.45, 2.75) is 6.54 Å². The van der Waals surface area contributed by atoms with Crippen molar-refractivity contribution in [3.63, 3.8) is 0 Å². The summed E-state index contributed by atoms with van der Waals surface area (Å²) in [6.45, 7) is 2.40. The second-order valence-electron chi connectivity index (χ2n) is 4.04. The molecule has 0 fully saturated rings. The van der Waals surface area contributed by atoms with Crippen molar-refractivity contribution >= 4 is 7.38 Å². The van der Waals surface area contributed by atoms with Gasteiger partial charge in [0.25, 0.3) is 0 Å². The SMILES string of the molecule is CN(Cc1ccccc1)P(C)(C)(F)F. The van der Waals surface area contributed by atoms with E-state index in [4.69, 9.17) is 0 Å². The molecule has 0 bridgehead atoms. The summed E-state index contributed by atoms with van der Waals surface area (Å²) in [7, 11) is -3.09. The van der Waals surface area contributed by atoms with Gasteiger partial charge in [-0.25, -0.2) is 0 Å². The summed E-state index contributed by atoms with van der Waals surface area (Å²) in [4.78, 5) is 0. The molecule has 1 aromatic rings. The molecule has 14 heavy (non-hydrogen) atoms. The molecule has 0 spiro atoms. The van der Waals surface area contributed by atoms with E-state index >= 15 is 0 Å². The molecule has 0 aliphatic carbocycles. The van der Waals surface area contributed by atoms with E-state index in [0.717, 1.165) is 18.9 Å². The van der Waals surface area contributed by atoms with Crippen LogP contribution < -0.4 is 0 Å². The number of nitrogens with zero attached hydrogens (tertiary/aromatic N) is 1. The number of rotatable bonds is 3. The van der Waals surface area contributed by atoms with Gasteiger partial charge in [0.15, 0.2) is 0 Å². The van der Waals surface area contributed by atoms with E-state index in [1.165, 1.54) is 11.7 Å². The van der Waals surface area contributed by atoms with Gasteiger partial charge in [0.1, 0.15) is 0 Å². The van der Waals surface area contributed by atoms with Crippen LogP contribution in [0.25, 0.3) is 0 Å². The topological polar surface area (TPSA) is 3.24 Å². The quantitative estimate of drug-likeness (QED) is 0.702. The summed E-state index contributed by atoms with van der Waals surface area (Å²) in [5.41, 5.74) is 0.919. The van der Waals surface area contributed by atoms with Crippen LogP contribution in [0.3, 0.4) is 0 Å². The normalized spacial score (nSPS) is 15.1. The predicted octanol–water partition coefficient (Wildman–Crippen LogP) is 3.62. The third kappa shape index (κ3) is 3.32. The van der Waals surface area contributed by atoms with Gasteiger partial charge in [0.2, 0.25) is 0 Å². The van der Waals surface area contributed by atoms with Crippen LogP contribution in [0.4, 0.5) is 8.39 Å². The van der Waals surface area contributed by atoms with Crippen molar-refractivity contribution in [3.05, 3.63) is 35.9 Å². The standard InChI is InChI=1S/C10H16F2NP/c1-13(14(2,3,11)12)9-10-7-5-4-6-8-10/h4-8H,9H2,1-3H3. The van der Waals surface area contributed by atoms with Crippen molar-refractivity contribution < 1.29 is 8.39 Å². The fourth-order valence-electron chi connectivity index (χ4n) is 1.04. The minimum absolute atomic E-state index is 0.304. The fourth-order valence-corrected chi connectivity index (χ4v) is 1.60. The first-order chi connectivity index (χ1) is 6.26. The van der Waals surface area contributed by atoms with Crippen LogP contribution in [-0.2, 0) is 6.54 Å². The van der Waals surface area contributed by atoms with Gasteiger partial charge in [0, 0.05) is 0 Å². The summed E-state index contributed by atoms with van der Waals surface area (Å²) in [5.74, 6) is 0. The molecule has 0 aliphatic rings. The average Bonchev–Trinajstić information content (AvgIpc) is 2.03. The fraction of sp³-hybridized carbons (Fsp3) is 0.400. The van der Waals surface area contributed by atoms with Crippen LogP contribution >= 0.6 is 7.38 Å². The zero-order valence-electron chi connectivity index (χ0n) is 8.74. The van der Waals surface area contributed by atoms with Crippen LogP contribution in [0.2, 0.25) is 0 Å². The van der Waals surface area contributed by atoms with Crippen molar-refractivity contribution in [3.8, 4) is 0 Å². The molecule has 0 aliphatic heterocycles. The van der Waals surface area contributed by atoms with Crippen molar-refractivity contribution in [2.24, 2.45) is 0 Å². The van der Waals surface area contributed by atoms with Gasteiger partial charge in [-0.2, -0.15) is 0 Å². The number of benzene rings is 1. The molecule has 1 rings (SSSR count). The Morgan fingerprint density at radius 1 is 1.14 bits per heavy atom. The number of halogens is 2. The van der Waals surface area contributed by atoms with Crippen molar-refractivity contribution in [2.75, 3.05) is 20.4 Å². The first kappa shape index (κ1) is 11.5. The molecule has 0 heterocycles. The maximum atomic E-state index is 13.5. The Labute approximate surface area is 84.0 Å². The zero-order chi connectivity index (χ0) is 10.8. The second kappa shape index (κ2) is 3.56. The van der Waals surface area contributed by atoms with E-state index in [1.54, 1.807) is 0 Å². The molecule has 0 atom stereocenters. The van der Waals surface area contributed by atoms with Gasteiger partial charge in [-0.1, -0.05) is 0 Å². The van der Waals surface area contributed by atoms with Gasteiger partial charge >= 0.3 is 83.3 Å². The molecule has 80 valence electrons. The Morgan fingerprint density at radius 2 is 1.64 bits per heavy atom. The van der Waals surface area contributed by atoms with Gasteiger partial charge in [-0.3, -0.25) is 0 Å². The monoisotopic (exact) mass is 219 g/mol. The Bertz CT molecular complexity index is 296. The summed E-state index contributed by atoms with van der Waals surface area (Å²) >= 11 is 0. The van der Waals surface area contributed by atoms with Gasteiger partial charge in [-0.05, 0) is 0 Å². The van der Waals surface area contributed by atoms with Crippen molar-refractivity contribution in [1.29, 1.82) is 0 Å². The Morgan fingerprint density at radius 3 is 2.07 bits per heavy atom. The summed E-state index contributed by atoms with van der Waals surface area (Å²) in [6.07, 6.45) is 0. The Kier molecular flexibility index (Phi) is 2.93. The van der Waals surface area contributed by atoms with Gasteiger partial charge in [0.05, 0.1) is 0 Å². The molecule has 0 aromatic heterocycles. The molecule has 0 saturated carbocycles. The van der Waals surface area contributed by atoms with E-state index in [-0.39, 0.29) is 0 Å². The predicted molar refractivity (Wildman–Crippen MR) is 58.9 cm³/mol. The van der Waals surface area contributed by atoms with E-state index < -0.39 is 7.38 Å². The first-order valence-corrected chi connectivity index (χ1v) is 7.33. The number of hydrogen-bond donors (Lipinski definition) is 0. The summed E-state index contributed by atoms with van der Waals surface area (Å²) in [5, 5.41) is 0. The molecular weight excluding hydrogens is 203 g/mol. The Hall–Kier alpha value is -0.530. The van der Waals surface area contributed by atoms with Crippen LogP contribution in [0.15, 0.2) is 30.3 Å². The Balaban J connectivity index is 2.72. The summed E-state index contributed by atoms with van der Waals surface area (Å²) < 4.78 is 28.3. The molecule has 4 heteroatoms. The second-order valence-corrected chi connectivity index (χ2v) is 8.20.